The highest BCUT2D eigenvalue weighted by Crippen LogP contribution is 2.48. The van der Waals surface area contributed by atoms with Gasteiger partial charge in [-0.1, -0.05) is 18.0 Å². The number of hydrogen-bond donors (Lipinski definition) is 0. The lowest BCUT2D eigenvalue weighted by atomic mass is 9.90. The fourth-order valence-electron chi connectivity index (χ4n) is 2.78. The van der Waals surface area contributed by atoms with Crippen molar-refractivity contribution in [2.45, 2.75) is 25.7 Å². The Labute approximate surface area is 73.1 Å². The predicted molar refractivity (Wildman–Crippen MR) is 45.6 cm³/mol. The minimum atomic E-state index is 0.369. The predicted octanol–water partition coefficient (Wildman–Crippen LogP) is 2.64. The Balaban J connectivity index is 1.78. The van der Waals surface area contributed by atoms with E-state index < -0.39 is 0 Å². The van der Waals surface area contributed by atoms with Gasteiger partial charge in [0.05, 0.1) is 6.61 Å². The van der Waals surface area contributed by atoms with Crippen molar-refractivity contribution in [1.82, 2.24) is 0 Å². The van der Waals surface area contributed by atoms with E-state index in [1.807, 2.05) is 0 Å². The molecular weight excluding hydrogens is 160 g/mol. The molecule has 2 bridgehead atoms. The monoisotopic (exact) mass is 174 g/mol. The lowest BCUT2D eigenvalue weighted by Gasteiger charge is -2.20. The van der Waals surface area contributed by atoms with Crippen LogP contribution in [0.15, 0.2) is 0 Å². The Morgan fingerprint density at radius 1 is 1.27 bits per heavy atom. The zero-order chi connectivity index (χ0) is 7.68. The summed E-state index contributed by atoms with van der Waals surface area (Å²) in [7, 11) is 0. The topological polar surface area (TPSA) is 9.23 Å². The minimum Gasteiger partial charge on any atom is -0.365 e. The lowest BCUT2D eigenvalue weighted by Crippen LogP contribution is -2.16. The number of halogens is 1. The van der Waals surface area contributed by atoms with Crippen LogP contribution in [0, 0.1) is 17.8 Å². The van der Waals surface area contributed by atoms with Gasteiger partial charge in [0.15, 0.2) is 0 Å². The van der Waals surface area contributed by atoms with Gasteiger partial charge >= 0.3 is 0 Å². The first-order valence-electron chi connectivity index (χ1n) is 4.54. The Morgan fingerprint density at radius 2 is 2.18 bits per heavy atom. The van der Waals surface area contributed by atoms with Crippen LogP contribution in [0.2, 0.25) is 0 Å². The van der Waals surface area contributed by atoms with E-state index in [1.165, 1.54) is 25.7 Å². The SMILES string of the molecule is ClCOCC1CC2CCC1C2. The summed E-state index contributed by atoms with van der Waals surface area (Å²) in [5.41, 5.74) is 0. The number of hydrogen-bond acceptors (Lipinski definition) is 1. The van der Waals surface area contributed by atoms with Crippen LogP contribution in [0.25, 0.3) is 0 Å². The highest BCUT2D eigenvalue weighted by Gasteiger charge is 2.39. The molecule has 3 atom stereocenters. The quantitative estimate of drug-likeness (QED) is 0.598. The molecule has 0 spiro atoms. The molecule has 0 heterocycles. The van der Waals surface area contributed by atoms with Crippen molar-refractivity contribution in [1.29, 1.82) is 0 Å². The molecule has 2 saturated carbocycles. The summed E-state index contributed by atoms with van der Waals surface area (Å²) in [5.74, 6) is 2.85. The molecule has 2 fully saturated rings. The smallest absolute Gasteiger partial charge is 0.120 e. The average Bonchev–Trinajstić information content (AvgIpc) is 2.60. The van der Waals surface area contributed by atoms with Crippen molar-refractivity contribution in [3.63, 3.8) is 0 Å². The molecule has 0 saturated heterocycles. The van der Waals surface area contributed by atoms with E-state index in [0.717, 1.165) is 24.4 Å². The van der Waals surface area contributed by atoms with Crippen molar-refractivity contribution >= 4 is 11.6 Å². The molecule has 0 aromatic rings. The molecule has 3 unspecified atom stereocenters. The fourth-order valence-corrected chi connectivity index (χ4v) is 2.87. The number of alkyl halides is 1. The average molecular weight is 175 g/mol. The molecule has 2 aliphatic rings. The minimum absolute atomic E-state index is 0.369. The Bertz CT molecular complexity index is 138. The molecule has 1 nitrogen and oxygen atoms in total. The number of fused-ring (bicyclic) bond motifs is 2. The van der Waals surface area contributed by atoms with Gasteiger partial charge in [0.2, 0.25) is 0 Å². The third-order valence-electron chi connectivity index (χ3n) is 3.29. The summed E-state index contributed by atoms with van der Waals surface area (Å²) in [6.07, 6.45) is 5.79. The second-order valence-corrected chi connectivity index (χ2v) is 4.13. The maximum absolute atomic E-state index is 5.46. The van der Waals surface area contributed by atoms with Crippen LogP contribution in [0.1, 0.15) is 25.7 Å². The van der Waals surface area contributed by atoms with Gasteiger partial charge in [-0.25, -0.2) is 0 Å². The van der Waals surface area contributed by atoms with Gasteiger partial charge in [0.1, 0.15) is 6.07 Å². The largest absolute Gasteiger partial charge is 0.365 e. The maximum Gasteiger partial charge on any atom is 0.120 e. The zero-order valence-electron chi connectivity index (χ0n) is 6.76. The first-order valence-corrected chi connectivity index (χ1v) is 5.07. The molecule has 0 amide bonds. The molecule has 2 rings (SSSR count). The molecule has 0 aromatic carbocycles. The molecule has 2 heteroatoms. The first-order chi connectivity index (χ1) is 5.40. The molecule has 0 aliphatic heterocycles. The second kappa shape index (κ2) is 3.32. The number of ether oxygens (including phenoxy) is 1. The first kappa shape index (κ1) is 7.88. The van der Waals surface area contributed by atoms with Crippen LogP contribution in [0.4, 0.5) is 0 Å². The normalized spacial score (nSPS) is 41.7. The highest BCUT2D eigenvalue weighted by molar-refractivity contribution is 6.17. The molecule has 64 valence electrons. The van der Waals surface area contributed by atoms with E-state index in [0.29, 0.717) is 6.07 Å². The standard InChI is InChI=1S/C9H15ClO/c10-6-11-5-9-4-7-1-2-8(9)3-7/h7-9H,1-6H2. The fraction of sp³-hybridized carbons (Fsp3) is 1.00. The van der Waals surface area contributed by atoms with Gasteiger partial charge in [0.25, 0.3) is 0 Å². The number of rotatable bonds is 3. The van der Waals surface area contributed by atoms with Crippen molar-refractivity contribution in [3.8, 4) is 0 Å². The van der Waals surface area contributed by atoms with E-state index in [4.69, 9.17) is 16.3 Å². The van der Waals surface area contributed by atoms with Gasteiger partial charge in [-0.15, -0.1) is 0 Å². The van der Waals surface area contributed by atoms with Crippen LogP contribution in [-0.2, 0) is 4.74 Å². The summed E-state index contributed by atoms with van der Waals surface area (Å²) >= 11 is 5.46. The lowest BCUT2D eigenvalue weighted by molar-refractivity contribution is 0.109. The van der Waals surface area contributed by atoms with E-state index in [-0.39, 0.29) is 0 Å². The molecule has 0 aromatic heterocycles. The van der Waals surface area contributed by atoms with Crippen molar-refractivity contribution in [2.75, 3.05) is 12.7 Å². The molecule has 0 radical (unpaired) electrons. The summed E-state index contributed by atoms with van der Waals surface area (Å²) in [4.78, 5) is 0. The van der Waals surface area contributed by atoms with Crippen LogP contribution in [0.5, 0.6) is 0 Å². The van der Waals surface area contributed by atoms with Crippen molar-refractivity contribution in [3.05, 3.63) is 0 Å². The van der Waals surface area contributed by atoms with Crippen LogP contribution < -0.4 is 0 Å². The third-order valence-corrected chi connectivity index (χ3v) is 3.45. The maximum atomic E-state index is 5.46. The van der Waals surface area contributed by atoms with E-state index in [9.17, 15) is 0 Å². The van der Waals surface area contributed by atoms with E-state index in [2.05, 4.69) is 0 Å². The third kappa shape index (κ3) is 1.54. The van der Waals surface area contributed by atoms with Gasteiger partial charge < -0.3 is 4.74 Å². The van der Waals surface area contributed by atoms with Gasteiger partial charge in [-0.3, -0.25) is 0 Å². The van der Waals surface area contributed by atoms with Crippen molar-refractivity contribution in [2.24, 2.45) is 17.8 Å². The molecule has 0 N–H and O–H groups in total. The van der Waals surface area contributed by atoms with Gasteiger partial charge in [-0.2, -0.15) is 0 Å². The Hall–Kier alpha value is 0.250. The molecular formula is C9H15ClO. The van der Waals surface area contributed by atoms with E-state index >= 15 is 0 Å². The van der Waals surface area contributed by atoms with Crippen LogP contribution >= 0.6 is 11.6 Å². The Kier molecular flexibility index (Phi) is 2.38. The summed E-state index contributed by atoms with van der Waals surface area (Å²) in [5, 5.41) is 0. The van der Waals surface area contributed by atoms with E-state index in [1.54, 1.807) is 0 Å². The zero-order valence-corrected chi connectivity index (χ0v) is 7.52. The Morgan fingerprint density at radius 3 is 2.73 bits per heavy atom. The summed E-state index contributed by atoms with van der Waals surface area (Å²) in [6.45, 7) is 0.907. The van der Waals surface area contributed by atoms with Gasteiger partial charge in [-0.05, 0) is 37.0 Å². The van der Waals surface area contributed by atoms with Crippen LogP contribution in [0.3, 0.4) is 0 Å². The summed E-state index contributed by atoms with van der Waals surface area (Å²) < 4.78 is 5.24. The summed E-state index contributed by atoms with van der Waals surface area (Å²) in [6, 6.07) is 0.369. The second-order valence-electron chi connectivity index (χ2n) is 3.91. The molecule has 11 heavy (non-hydrogen) atoms. The highest BCUT2D eigenvalue weighted by atomic mass is 35.5. The van der Waals surface area contributed by atoms with Gasteiger partial charge in [0, 0.05) is 0 Å². The van der Waals surface area contributed by atoms with Crippen LogP contribution in [-0.4, -0.2) is 12.7 Å². The molecule has 2 aliphatic carbocycles. The van der Waals surface area contributed by atoms with Crippen molar-refractivity contribution < 1.29 is 4.74 Å².